The molecule has 5 nitrogen and oxygen atoms in total. The Hall–Kier alpha value is -1.79. The number of nitrogens with zero attached hydrogens (tertiary/aromatic N) is 2. The van der Waals surface area contributed by atoms with Crippen LogP contribution in [-0.4, -0.2) is 43.3 Å². The summed E-state index contributed by atoms with van der Waals surface area (Å²) in [5.74, 6) is 1.65. The third-order valence-electron chi connectivity index (χ3n) is 3.48. The van der Waals surface area contributed by atoms with Gasteiger partial charge in [0.15, 0.2) is 0 Å². The van der Waals surface area contributed by atoms with Crippen LogP contribution in [0.3, 0.4) is 0 Å². The summed E-state index contributed by atoms with van der Waals surface area (Å²) in [5, 5.41) is 1.90. The Morgan fingerprint density at radius 3 is 2.45 bits per heavy atom. The summed E-state index contributed by atoms with van der Waals surface area (Å²) in [5.41, 5.74) is 1.03. The molecule has 1 heterocycles. The molecule has 0 aliphatic rings. The van der Waals surface area contributed by atoms with Crippen LogP contribution < -0.4 is 14.3 Å². The second-order valence-corrected chi connectivity index (χ2v) is 5.94. The van der Waals surface area contributed by atoms with Crippen LogP contribution in [0.2, 0.25) is 0 Å². The van der Waals surface area contributed by atoms with Gasteiger partial charge in [-0.1, -0.05) is 11.3 Å². The molecule has 2 rings (SSSR count). The molecule has 2 aromatic rings. The maximum Gasteiger partial charge on any atom is 0.307 e. The predicted octanol–water partition coefficient (Wildman–Crippen LogP) is 2.24. The first-order valence-electron chi connectivity index (χ1n) is 7.20. The van der Waals surface area contributed by atoms with E-state index in [4.69, 9.17) is 9.47 Å². The van der Waals surface area contributed by atoms with E-state index in [9.17, 15) is 4.79 Å². The number of rotatable bonds is 8. The number of hydrogen-bond acceptors (Lipinski definition) is 5. The highest BCUT2D eigenvalue weighted by molar-refractivity contribution is 7.07. The molecule has 0 saturated heterocycles. The normalized spacial score (nSPS) is 10.9. The summed E-state index contributed by atoms with van der Waals surface area (Å²) in [4.78, 5) is 13.9. The average Bonchev–Trinajstić information content (AvgIpc) is 2.84. The maximum atomic E-state index is 11.6. The predicted molar refractivity (Wildman–Crippen MR) is 89.3 cm³/mol. The van der Waals surface area contributed by atoms with Crippen LogP contribution in [-0.2, 0) is 6.54 Å². The first-order valence-corrected chi connectivity index (χ1v) is 8.08. The van der Waals surface area contributed by atoms with Gasteiger partial charge in [0.05, 0.1) is 7.11 Å². The standard InChI is InChI=1S/C16H22N2O3S/c1-13-12-22-16(19)18(13)9-8-17(2)10-11-21-15-6-4-14(20-3)5-7-15/h4-7,12H,8-11H2,1-3H3. The minimum Gasteiger partial charge on any atom is -0.497 e. The van der Waals surface area contributed by atoms with E-state index in [1.165, 1.54) is 11.3 Å². The van der Waals surface area contributed by atoms with E-state index in [2.05, 4.69) is 4.90 Å². The molecule has 120 valence electrons. The van der Waals surface area contributed by atoms with Crippen LogP contribution in [0, 0.1) is 6.92 Å². The lowest BCUT2D eigenvalue weighted by Gasteiger charge is -2.17. The smallest absolute Gasteiger partial charge is 0.307 e. The molecule has 0 radical (unpaired) electrons. The fraction of sp³-hybridized carbons (Fsp3) is 0.438. The SMILES string of the molecule is COc1ccc(OCCN(C)CCn2c(C)csc2=O)cc1. The fourth-order valence-electron chi connectivity index (χ4n) is 2.05. The zero-order chi connectivity index (χ0) is 15.9. The van der Waals surface area contributed by atoms with Crippen molar-refractivity contribution in [2.45, 2.75) is 13.5 Å². The first-order chi connectivity index (χ1) is 10.6. The van der Waals surface area contributed by atoms with Crippen LogP contribution in [0.4, 0.5) is 0 Å². The van der Waals surface area contributed by atoms with Gasteiger partial charge in [-0.05, 0) is 38.2 Å². The van der Waals surface area contributed by atoms with E-state index in [1.807, 2.05) is 48.2 Å². The number of benzene rings is 1. The molecule has 0 spiro atoms. The third-order valence-corrected chi connectivity index (χ3v) is 4.36. The fourth-order valence-corrected chi connectivity index (χ4v) is 2.81. The van der Waals surface area contributed by atoms with Gasteiger partial charge in [0.25, 0.3) is 0 Å². The molecule has 0 atom stereocenters. The highest BCUT2D eigenvalue weighted by Gasteiger charge is 2.05. The maximum absolute atomic E-state index is 11.6. The van der Waals surface area contributed by atoms with Crippen molar-refractivity contribution in [2.75, 3.05) is 33.9 Å². The Balaban J connectivity index is 1.71. The van der Waals surface area contributed by atoms with Crippen molar-refractivity contribution in [1.29, 1.82) is 0 Å². The van der Waals surface area contributed by atoms with Crippen molar-refractivity contribution in [3.63, 3.8) is 0 Å². The summed E-state index contributed by atoms with van der Waals surface area (Å²) in [6.07, 6.45) is 0. The Morgan fingerprint density at radius 2 is 1.86 bits per heavy atom. The zero-order valence-corrected chi connectivity index (χ0v) is 14.1. The van der Waals surface area contributed by atoms with Crippen molar-refractivity contribution >= 4 is 11.3 Å². The summed E-state index contributed by atoms with van der Waals surface area (Å²) >= 11 is 1.25. The lowest BCUT2D eigenvalue weighted by molar-refractivity contribution is 0.231. The molecule has 0 amide bonds. The molecule has 0 bridgehead atoms. The molecule has 1 aromatic heterocycles. The molecular formula is C16H22N2O3S. The van der Waals surface area contributed by atoms with E-state index >= 15 is 0 Å². The van der Waals surface area contributed by atoms with Gasteiger partial charge < -0.3 is 18.9 Å². The highest BCUT2D eigenvalue weighted by atomic mass is 32.1. The summed E-state index contributed by atoms with van der Waals surface area (Å²) in [6, 6.07) is 7.55. The number of hydrogen-bond donors (Lipinski definition) is 0. The minimum absolute atomic E-state index is 0.111. The van der Waals surface area contributed by atoms with Crippen molar-refractivity contribution in [3.8, 4) is 11.5 Å². The van der Waals surface area contributed by atoms with Crippen LogP contribution in [0.1, 0.15) is 5.69 Å². The van der Waals surface area contributed by atoms with Crippen LogP contribution in [0.25, 0.3) is 0 Å². The van der Waals surface area contributed by atoms with Gasteiger partial charge in [0, 0.05) is 30.7 Å². The van der Waals surface area contributed by atoms with Gasteiger partial charge in [-0.3, -0.25) is 4.79 Å². The molecule has 0 aliphatic heterocycles. The van der Waals surface area contributed by atoms with Gasteiger partial charge in [0.2, 0.25) is 0 Å². The second-order valence-electron chi connectivity index (χ2n) is 5.12. The van der Waals surface area contributed by atoms with Crippen molar-refractivity contribution in [2.24, 2.45) is 0 Å². The molecule has 1 aromatic carbocycles. The average molecular weight is 322 g/mol. The molecule has 0 fully saturated rings. The van der Waals surface area contributed by atoms with Gasteiger partial charge in [-0.25, -0.2) is 0 Å². The van der Waals surface area contributed by atoms with Gasteiger partial charge in [-0.2, -0.15) is 0 Å². The lowest BCUT2D eigenvalue weighted by Crippen LogP contribution is -2.30. The van der Waals surface area contributed by atoms with E-state index in [0.717, 1.165) is 30.3 Å². The van der Waals surface area contributed by atoms with Crippen LogP contribution in [0.5, 0.6) is 11.5 Å². The van der Waals surface area contributed by atoms with Crippen molar-refractivity contribution in [1.82, 2.24) is 9.47 Å². The Morgan fingerprint density at radius 1 is 1.18 bits per heavy atom. The van der Waals surface area contributed by atoms with E-state index in [-0.39, 0.29) is 4.87 Å². The first kappa shape index (κ1) is 16.6. The van der Waals surface area contributed by atoms with Gasteiger partial charge in [-0.15, -0.1) is 0 Å². The molecule has 0 aliphatic carbocycles. The van der Waals surface area contributed by atoms with E-state index < -0.39 is 0 Å². The van der Waals surface area contributed by atoms with Crippen LogP contribution in [0.15, 0.2) is 34.4 Å². The lowest BCUT2D eigenvalue weighted by atomic mass is 10.3. The topological polar surface area (TPSA) is 43.7 Å². The number of ether oxygens (including phenoxy) is 2. The van der Waals surface area contributed by atoms with E-state index in [1.54, 1.807) is 7.11 Å². The molecule has 0 unspecified atom stereocenters. The van der Waals surface area contributed by atoms with Crippen molar-refractivity contribution in [3.05, 3.63) is 45.0 Å². The monoisotopic (exact) mass is 322 g/mol. The van der Waals surface area contributed by atoms with Crippen molar-refractivity contribution < 1.29 is 9.47 Å². The molecule has 6 heteroatoms. The number of methoxy groups -OCH3 is 1. The van der Waals surface area contributed by atoms with Gasteiger partial charge in [0.1, 0.15) is 18.1 Å². The number of thiazole rings is 1. The molecule has 0 N–H and O–H groups in total. The Labute approximate surface area is 134 Å². The third kappa shape index (κ3) is 4.61. The Bertz CT molecular complexity index is 634. The van der Waals surface area contributed by atoms with E-state index in [0.29, 0.717) is 13.2 Å². The molecule has 22 heavy (non-hydrogen) atoms. The number of aromatic nitrogens is 1. The van der Waals surface area contributed by atoms with Crippen LogP contribution >= 0.6 is 11.3 Å². The molecular weight excluding hydrogens is 300 g/mol. The zero-order valence-electron chi connectivity index (χ0n) is 13.2. The number of likely N-dealkylation sites (N-methyl/N-ethyl adjacent to an activating group) is 1. The summed E-state index contributed by atoms with van der Waals surface area (Å²) < 4.78 is 12.6. The molecule has 0 saturated carbocycles. The Kier molecular flexibility index (Phi) is 6.03. The highest BCUT2D eigenvalue weighted by Crippen LogP contribution is 2.16. The largest absolute Gasteiger partial charge is 0.497 e. The summed E-state index contributed by atoms with van der Waals surface area (Å²) in [7, 11) is 3.68. The minimum atomic E-state index is 0.111. The second kappa shape index (κ2) is 8.00. The van der Waals surface area contributed by atoms with Gasteiger partial charge >= 0.3 is 4.87 Å². The number of aryl methyl sites for hydroxylation is 1. The summed E-state index contributed by atoms with van der Waals surface area (Å²) in [6.45, 7) is 4.92. The quantitative estimate of drug-likeness (QED) is 0.747.